The fourth-order valence-electron chi connectivity index (χ4n) is 4.49. The summed E-state index contributed by atoms with van der Waals surface area (Å²) in [6.07, 6.45) is 51.6. The monoisotopic (exact) mass is 728 g/mol. The molecule has 0 bridgehead atoms. The molecule has 5 N–H and O–H groups in total. The van der Waals surface area contributed by atoms with E-state index in [1.807, 2.05) is 6.08 Å². The minimum Gasteiger partial charge on any atom is -0.387 e. The van der Waals surface area contributed by atoms with Crippen molar-refractivity contribution in [2.24, 2.45) is 5.73 Å². The molecular formula is C42H69N2O6P. The van der Waals surface area contributed by atoms with Crippen molar-refractivity contribution in [3.05, 3.63) is 109 Å². The number of amides is 1. The van der Waals surface area contributed by atoms with Crippen LogP contribution < -0.4 is 11.1 Å². The van der Waals surface area contributed by atoms with Crippen LogP contribution >= 0.6 is 7.82 Å². The fraction of sp³-hybridized carbons (Fsp3) is 0.548. The zero-order chi connectivity index (χ0) is 37.5. The van der Waals surface area contributed by atoms with Crippen LogP contribution in [0.1, 0.15) is 117 Å². The first-order valence-corrected chi connectivity index (χ1v) is 20.5. The van der Waals surface area contributed by atoms with Crippen LogP contribution in [0, 0.1) is 0 Å². The van der Waals surface area contributed by atoms with Gasteiger partial charge in [-0.25, -0.2) is 4.57 Å². The van der Waals surface area contributed by atoms with Crippen LogP contribution in [-0.2, 0) is 18.4 Å². The highest BCUT2D eigenvalue weighted by atomic mass is 31.2. The Morgan fingerprint density at radius 1 is 0.667 bits per heavy atom. The van der Waals surface area contributed by atoms with Crippen molar-refractivity contribution in [1.29, 1.82) is 0 Å². The molecule has 0 heterocycles. The van der Waals surface area contributed by atoms with Gasteiger partial charge in [0, 0.05) is 13.0 Å². The molecule has 3 atom stereocenters. The summed E-state index contributed by atoms with van der Waals surface area (Å²) in [7, 11) is -4.36. The molecule has 8 nitrogen and oxygen atoms in total. The van der Waals surface area contributed by atoms with E-state index >= 15 is 0 Å². The zero-order valence-corrected chi connectivity index (χ0v) is 32.4. The number of rotatable bonds is 33. The van der Waals surface area contributed by atoms with E-state index in [1.54, 1.807) is 6.08 Å². The highest BCUT2D eigenvalue weighted by molar-refractivity contribution is 7.47. The van der Waals surface area contributed by atoms with Crippen LogP contribution in [0.15, 0.2) is 109 Å². The van der Waals surface area contributed by atoms with Crippen molar-refractivity contribution in [3.8, 4) is 0 Å². The van der Waals surface area contributed by atoms with Crippen LogP contribution in [0.2, 0.25) is 0 Å². The van der Waals surface area contributed by atoms with Crippen LogP contribution in [-0.4, -0.2) is 47.8 Å². The third kappa shape index (κ3) is 35.4. The van der Waals surface area contributed by atoms with Gasteiger partial charge in [0.25, 0.3) is 0 Å². The molecule has 9 heteroatoms. The average Bonchev–Trinajstić information content (AvgIpc) is 3.12. The van der Waals surface area contributed by atoms with Gasteiger partial charge in [0.2, 0.25) is 5.91 Å². The van der Waals surface area contributed by atoms with Crippen LogP contribution in [0.4, 0.5) is 0 Å². The molecule has 0 aromatic heterocycles. The first kappa shape index (κ1) is 48.2. The molecule has 1 amide bonds. The minimum atomic E-state index is -4.36. The molecule has 51 heavy (non-hydrogen) atoms. The molecular weight excluding hydrogens is 659 g/mol. The Balaban J connectivity index is 4.39. The average molecular weight is 729 g/mol. The maximum Gasteiger partial charge on any atom is 0.472 e. The van der Waals surface area contributed by atoms with Gasteiger partial charge in [-0.2, -0.15) is 0 Å². The van der Waals surface area contributed by atoms with Gasteiger partial charge in [0.05, 0.1) is 25.4 Å². The number of nitrogens with one attached hydrogen (secondary N) is 1. The third-order valence-electron chi connectivity index (χ3n) is 7.33. The summed E-state index contributed by atoms with van der Waals surface area (Å²) in [5.41, 5.74) is 5.34. The predicted octanol–water partition coefficient (Wildman–Crippen LogP) is 10.2. The van der Waals surface area contributed by atoms with Gasteiger partial charge in [-0.3, -0.25) is 13.8 Å². The second-order valence-corrected chi connectivity index (χ2v) is 13.5. The smallest absolute Gasteiger partial charge is 0.387 e. The zero-order valence-electron chi connectivity index (χ0n) is 31.5. The number of allylic oxidation sites excluding steroid dienone is 17. The summed E-state index contributed by atoms with van der Waals surface area (Å²) in [6, 6.07) is -0.913. The number of phosphoric acid groups is 1. The molecule has 0 aliphatic carbocycles. The van der Waals surface area contributed by atoms with Gasteiger partial charge in [-0.05, 0) is 83.5 Å². The number of phosphoric ester groups is 1. The fourth-order valence-corrected chi connectivity index (χ4v) is 5.25. The van der Waals surface area contributed by atoms with Crippen LogP contribution in [0.25, 0.3) is 0 Å². The number of hydrogen-bond donors (Lipinski definition) is 4. The number of carbonyl (C=O) groups excluding carboxylic acids is 1. The maximum atomic E-state index is 12.7. The predicted molar refractivity (Wildman–Crippen MR) is 216 cm³/mol. The number of aliphatic hydroxyl groups excluding tert-OH is 1. The summed E-state index contributed by atoms with van der Waals surface area (Å²) < 4.78 is 21.9. The Morgan fingerprint density at radius 3 is 1.67 bits per heavy atom. The second-order valence-electron chi connectivity index (χ2n) is 12.0. The topological polar surface area (TPSA) is 131 Å². The van der Waals surface area contributed by atoms with Crippen molar-refractivity contribution in [3.63, 3.8) is 0 Å². The number of nitrogens with two attached hydrogens (primary N) is 1. The van der Waals surface area contributed by atoms with Gasteiger partial charge in [-0.1, -0.05) is 136 Å². The largest absolute Gasteiger partial charge is 0.472 e. The molecule has 288 valence electrons. The van der Waals surface area contributed by atoms with Gasteiger partial charge < -0.3 is 21.1 Å². The molecule has 3 unspecified atom stereocenters. The molecule has 0 rings (SSSR count). The number of aliphatic hydroxyl groups is 1. The molecule has 0 saturated heterocycles. The normalized spacial score (nSPS) is 15.5. The Morgan fingerprint density at radius 2 is 1.14 bits per heavy atom. The van der Waals surface area contributed by atoms with Gasteiger partial charge in [0.15, 0.2) is 0 Å². The van der Waals surface area contributed by atoms with Crippen molar-refractivity contribution >= 4 is 13.7 Å². The molecule has 0 aromatic rings. The lowest BCUT2D eigenvalue weighted by atomic mass is 10.1. The molecule has 0 spiro atoms. The first-order chi connectivity index (χ1) is 24.9. The minimum absolute atomic E-state index is 0.0579. The summed E-state index contributed by atoms with van der Waals surface area (Å²) in [6.45, 7) is 3.85. The van der Waals surface area contributed by atoms with E-state index in [0.717, 1.165) is 70.6 Å². The Labute approximate surface area is 310 Å². The van der Waals surface area contributed by atoms with Crippen LogP contribution in [0.3, 0.4) is 0 Å². The van der Waals surface area contributed by atoms with Crippen molar-refractivity contribution in [2.45, 2.75) is 129 Å². The molecule has 0 radical (unpaired) electrons. The number of carbonyl (C=O) groups is 1. The van der Waals surface area contributed by atoms with Crippen molar-refractivity contribution in [2.75, 3.05) is 19.8 Å². The van der Waals surface area contributed by atoms with Gasteiger partial charge in [0.1, 0.15) is 0 Å². The van der Waals surface area contributed by atoms with E-state index in [-0.39, 0.29) is 25.5 Å². The summed E-state index contributed by atoms with van der Waals surface area (Å²) in [5, 5.41) is 13.5. The third-order valence-corrected chi connectivity index (χ3v) is 8.32. The molecule has 0 aromatic carbocycles. The Bertz CT molecular complexity index is 1150. The summed E-state index contributed by atoms with van der Waals surface area (Å²) in [4.78, 5) is 22.5. The van der Waals surface area contributed by atoms with Crippen molar-refractivity contribution < 1.29 is 28.4 Å². The van der Waals surface area contributed by atoms with E-state index in [9.17, 15) is 19.4 Å². The standard InChI is InChI=1S/C42H69N2O6P/c1-3-5-7-9-11-13-14-15-16-17-18-19-20-21-22-23-24-25-26-28-30-32-34-36-42(46)44-40(39-50-51(47,48)49-38-37-43)41(45)35-33-31-29-27-12-10-8-6-4-2/h5,7,11-13,15-16,18-19,21-22,24-25,27-28,30,33,35,40-41,45H,3-4,6,8-10,14,17,20,23,26,29,31-32,34,36-39,43H2,1-2H3,(H,44,46)(H,47,48)/b7-5-,13-11-,16-15-,19-18-,22-21-,25-24-,27-12+,30-28-,35-33+. The van der Waals surface area contributed by atoms with E-state index in [1.165, 1.54) is 19.3 Å². The SMILES string of the molecule is CC/C=C\C/C=C\C/C=C\C/C=C\C/C=C\C/C=C\C/C=C\CCCC(=O)NC(COP(=O)(O)OCCN)C(O)/C=C/CC/C=C/CCCCC. The van der Waals surface area contributed by atoms with Gasteiger partial charge in [-0.15, -0.1) is 0 Å². The molecule has 0 fully saturated rings. The highest BCUT2D eigenvalue weighted by Gasteiger charge is 2.26. The van der Waals surface area contributed by atoms with E-state index < -0.39 is 26.6 Å². The van der Waals surface area contributed by atoms with Gasteiger partial charge >= 0.3 is 7.82 Å². The van der Waals surface area contributed by atoms with Crippen LogP contribution in [0.5, 0.6) is 0 Å². The van der Waals surface area contributed by atoms with E-state index in [0.29, 0.717) is 6.42 Å². The summed E-state index contributed by atoms with van der Waals surface area (Å²) in [5.74, 6) is -0.271. The Kier molecular flexibility index (Phi) is 34.9. The highest BCUT2D eigenvalue weighted by Crippen LogP contribution is 2.43. The van der Waals surface area contributed by atoms with E-state index in [4.69, 9.17) is 14.8 Å². The first-order valence-electron chi connectivity index (χ1n) is 19.0. The summed E-state index contributed by atoms with van der Waals surface area (Å²) >= 11 is 0. The quantitative estimate of drug-likeness (QED) is 0.0301. The Hall–Kier alpha value is -2.84. The number of hydrogen-bond acceptors (Lipinski definition) is 6. The lowest BCUT2D eigenvalue weighted by Gasteiger charge is -2.23. The molecule has 0 saturated carbocycles. The maximum absolute atomic E-state index is 12.7. The lowest BCUT2D eigenvalue weighted by molar-refractivity contribution is -0.122. The van der Waals surface area contributed by atoms with E-state index in [2.05, 4.69) is 116 Å². The molecule has 0 aliphatic rings. The lowest BCUT2D eigenvalue weighted by Crippen LogP contribution is -2.45. The molecule has 0 aliphatic heterocycles. The second kappa shape index (κ2) is 36.9. The van der Waals surface area contributed by atoms with Crippen molar-refractivity contribution in [1.82, 2.24) is 5.32 Å². The number of unbranched alkanes of at least 4 members (excludes halogenated alkanes) is 5.